The van der Waals surface area contributed by atoms with Crippen molar-refractivity contribution in [2.24, 2.45) is 18.9 Å². The number of nitrogens with zero attached hydrogens (tertiary/aromatic N) is 1. The molecule has 0 saturated carbocycles. The third-order valence-corrected chi connectivity index (χ3v) is 6.38. The van der Waals surface area contributed by atoms with E-state index in [1.165, 1.54) is 22.2 Å². The number of carbonyl (C=O) groups excluding carboxylic acids is 1. The molecule has 1 fully saturated rings. The lowest BCUT2D eigenvalue weighted by molar-refractivity contribution is -0.106. The number of fused-ring (bicyclic) bond motifs is 8. The monoisotopic (exact) mass is 322 g/mol. The van der Waals surface area contributed by atoms with Gasteiger partial charge in [-0.15, -0.1) is 0 Å². The van der Waals surface area contributed by atoms with Crippen molar-refractivity contribution in [1.82, 2.24) is 9.88 Å². The van der Waals surface area contributed by atoms with Crippen molar-refractivity contribution >= 4 is 17.2 Å². The van der Waals surface area contributed by atoms with E-state index in [1.807, 2.05) is 6.92 Å². The third kappa shape index (κ3) is 1.75. The maximum Gasteiger partial charge on any atom is 0.149 e. The molecule has 4 heteroatoms. The molecule has 1 aromatic carbocycles. The highest BCUT2D eigenvalue weighted by Crippen LogP contribution is 2.47. The zero-order valence-corrected chi connectivity index (χ0v) is 14.1. The van der Waals surface area contributed by atoms with Gasteiger partial charge in [-0.1, -0.05) is 18.2 Å². The van der Waals surface area contributed by atoms with Gasteiger partial charge in [-0.05, 0) is 37.3 Å². The Morgan fingerprint density at radius 1 is 1.33 bits per heavy atom. The Morgan fingerprint density at radius 2 is 2.17 bits per heavy atom. The molecule has 0 amide bonds. The average Bonchev–Trinajstić information content (AvgIpc) is 2.88. The molecule has 4 heterocycles. The van der Waals surface area contributed by atoms with Crippen LogP contribution in [0.25, 0.3) is 10.9 Å². The van der Waals surface area contributed by atoms with E-state index in [9.17, 15) is 4.79 Å². The van der Waals surface area contributed by atoms with E-state index < -0.39 is 0 Å². The summed E-state index contributed by atoms with van der Waals surface area (Å²) in [5, 5.41) is 5.21. The number of aromatic nitrogens is 1. The standard InChI is InChI=1S/C20H22N2O2/c1-11-15(9-23)13-7-18-20-14(8-17(21-18)16(13)10-24-11)12-5-3-4-6-19(12)22(20)2/h3-6,9,13,16-18,21H,7-8,10H2,1-2H3. The SMILES string of the molecule is CC1=C(C=O)C2CC3NC(Cc4c3n(C)c3ccccc43)C2CO1. The number of piperidine rings is 1. The predicted octanol–water partition coefficient (Wildman–Crippen LogP) is 2.87. The van der Waals surface area contributed by atoms with E-state index in [1.54, 1.807) is 0 Å². The molecule has 2 aromatic rings. The smallest absolute Gasteiger partial charge is 0.149 e. The zero-order chi connectivity index (χ0) is 16.4. The van der Waals surface area contributed by atoms with Crippen LogP contribution in [0.3, 0.4) is 0 Å². The van der Waals surface area contributed by atoms with E-state index in [0.29, 0.717) is 23.9 Å². The van der Waals surface area contributed by atoms with Gasteiger partial charge in [-0.2, -0.15) is 0 Å². The van der Waals surface area contributed by atoms with Gasteiger partial charge in [0, 0.05) is 47.2 Å². The first-order chi connectivity index (χ1) is 11.7. The highest BCUT2D eigenvalue weighted by atomic mass is 16.5. The van der Waals surface area contributed by atoms with Gasteiger partial charge >= 0.3 is 0 Å². The molecule has 4 atom stereocenters. The van der Waals surface area contributed by atoms with Crippen LogP contribution < -0.4 is 5.32 Å². The molecule has 3 aliphatic heterocycles. The lowest BCUT2D eigenvalue weighted by Crippen LogP contribution is -2.55. The number of hydrogen-bond acceptors (Lipinski definition) is 3. The largest absolute Gasteiger partial charge is 0.497 e. The number of aldehydes is 1. The maximum absolute atomic E-state index is 11.6. The molecule has 4 nitrogen and oxygen atoms in total. The maximum atomic E-state index is 11.6. The van der Waals surface area contributed by atoms with E-state index in [0.717, 1.165) is 37.1 Å². The number of allylic oxidation sites excluding steroid dienone is 2. The summed E-state index contributed by atoms with van der Waals surface area (Å²) in [5.41, 5.74) is 5.07. The van der Waals surface area contributed by atoms with E-state index in [4.69, 9.17) is 4.74 Å². The van der Waals surface area contributed by atoms with Gasteiger partial charge in [-0.25, -0.2) is 0 Å². The highest BCUT2D eigenvalue weighted by Gasteiger charge is 2.46. The number of ether oxygens (including phenoxy) is 1. The fourth-order valence-electron chi connectivity index (χ4n) is 5.26. The summed E-state index contributed by atoms with van der Waals surface area (Å²) >= 11 is 0. The molecular weight excluding hydrogens is 300 g/mol. The lowest BCUT2D eigenvalue weighted by Gasteiger charge is -2.48. The second-order valence-corrected chi connectivity index (χ2v) is 7.42. The van der Waals surface area contributed by atoms with E-state index >= 15 is 0 Å². The molecule has 0 radical (unpaired) electrons. The Labute approximate surface area is 141 Å². The summed E-state index contributed by atoms with van der Waals surface area (Å²) in [6, 6.07) is 9.38. The van der Waals surface area contributed by atoms with Crippen molar-refractivity contribution in [3.05, 3.63) is 46.9 Å². The summed E-state index contributed by atoms with van der Waals surface area (Å²) < 4.78 is 8.17. The van der Waals surface area contributed by atoms with Crippen LogP contribution in [0.15, 0.2) is 35.6 Å². The minimum atomic E-state index is 0.318. The van der Waals surface area contributed by atoms with Crippen LogP contribution in [-0.2, 0) is 23.0 Å². The molecule has 1 saturated heterocycles. The minimum Gasteiger partial charge on any atom is -0.497 e. The molecule has 0 aliphatic carbocycles. The Bertz CT molecular complexity index is 879. The number of rotatable bonds is 1. The topological polar surface area (TPSA) is 43.3 Å². The van der Waals surface area contributed by atoms with Gasteiger partial charge in [0.05, 0.1) is 12.4 Å². The van der Waals surface area contributed by atoms with Crippen LogP contribution in [0.1, 0.15) is 30.6 Å². The zero-order valence-electron chi connectivity index (χ0n) is 14.1. The fraction of sp³-hybridized carbons (Fsp3) is 0.450. The number of carbonyl (C=O) groups is 1. The molecule has 5 rings (SSSR count). The number of hydrogen-bond donors (Lipinski definition) is 1. The van der Waals surface area contributed by atoms with Crippen molar-refractivity contribution in [2.45, 2.75) is 31.8 Å². The molecule has 1 aromatic heterocycles. The van der Waals surface area contributed by atoms with Crippen LogP contribution in [0.5, 0.6) is 0 Å². The first-order valence-electron chi connectivity index (χ1n) is 8.80. The first kappa shape index (κ1) is 14.3. The van der Waals surface area contributed by atoms with Crippen molar-refractivity contribution in [3.63, 3.8) is 0 Å². The summed E-state index contributed by atoms with van der Waals surface area (Å²) in [6.45, 7) is 2.65. The average molecular weight is 322 g/mol. The number of nitrogens with one attached hydrogen (secondary N) is 1. The van der Waals surface area contributed by atoms with Crippen molar-refractivity contribution in [1.29, 1.82) is 0 Å². The molecule has 1 N–H and O–H groups in total. The van der Waals surface area contributed by atoms with Crippen molar-refractivity contribution in [3.8, 4) is 0 Å². The van der Waals surface area contributed by atoms with Gasteiger partial charge in [0.15, 0.2) is 0 Å². The molecule has 4 unspecified atom stereocenters. The molecule has 124 valence electrons. The summed E-state index contributed by atoms with van der Waals surface area (Å²) in [7, 11) is 2.17. The van der Waals surface area contributed by atoms with Crippen LogP contribution in [-0.4, -0.2) is 23.5 Å². The Hall–Kier alpha value is -2.07. The van der Waals surface area contributed by atoms with Gasteiger partial charge < -0.3 is 14.6 Å². The molecule has 0 spiro atoms. The quantitative estimate of drug-likeness (QED) is 0.821. The molecule has 3 aliphatic rings. The van der Waals surface area contributed by atoms with Crippen molar-refractivity contribution < 1.29 is 9.53 Å². The first-order valence-corrected chi connectivity index (χ1v) is 8.80. The van der Waals surface area contributed by atoms with E-state index in [-0.39, 0.29) is 0 Å². The molecular formula is C20H22N2O2. The Morgan fingerprint density at radius 3 is 3.00 bits per heavy atom. The Kier molecular flexibility index (Phi) is 2.95. The second-order valence-electron chi connectivity index (χ2n) is 7.42. The Balaban J connectivity index is 1.66. The molecule has 2 bridgehead atoms. The van der Waals surface area contributed by atoms with Crippen LogP contribution in [0, 0.1) is 11.8 Å². The van der Waals surface area contributed by atoms with Crippen molar-refractivity contribution in [2.75, 3.05) is 6.61 Å². The van der Waals surface area contributed by atoms with Gasteiger partial charge in [0.2, 0.25) is 0 Å². The van der Waals surface area contributed by atoms with Crippen LogP contribution in [0.4, 0.5) is 0 Å². The highest BCUT2D eigenvalue weighted by molar-refractivity contribution is 5.86. The van der Waals surface area contributed by atoms with Crippen LogP contribution >= 0.6 is 0 Å². The third-order valence-electron chi connectivity index (χ3n) is 6.38. The summed E-state index contributed by atoms with van der Waals surface area (Å²) in [5.74, 6) is 1.53. The predicted molar refractivity (Wildman–Crippen MR) is 92.6 cm³/mol. The van der Waals surface area contributed by atoms with E-state index in [2.05, 4.69) is 41.2 Å². The summed E-state index contributed by atoms with van der Waals surface area (Å²) in [4.78, 5) is 11.6. The summed E-state index contributed by atoms with van der Waals surface area (Å²) in [6.07, 6.45) is 3.02. The van der Waals surface area contributed by atoms with Gasteiger partial charge in [0.1, 0.15) is 6.29 Å². The van der Waals surface area contributed by atoms with Gasteiger partial charge in [0.25, 0.3) is 0 Å². The lowest BCUT2D eigenvalue weighted by atomic mass is 9.68. The molecule has 24 heavy (non-hydrogen) atoms. The number of aryl methyl sites for hydroxylation is 1. The number of para-hydroxylation sites is 1. The fourth-order valence-corrected chi connectivity index (χ4v) is 5.26. The normalized spacial score (nSPS) is 31.4. The van der Waals surface area contributed by atoms with Crippen LogP contribution in [0.2, 0.25) is 0 Å². The van der Waals surface area contributed by atoms with Gasteiger partial charge in [-0.3, -0.25) is 4.79 Å². The minimum absolute atomic E-state index is 0.318. The second kappa shape index (κ2) is 4.96. The number of benzene rings is 1.